The van der Waals surface area contributed by atoms with Crippen LogP contribution < -0.4 is 0 Å². The molecule has 5 heteroatoms. The van der Waals surface area contributed by atoms with E-state index >= 15 is 0 Å². The summed E-state index contributed by atoms with van der Waals surface area (Å²) in [5, 5.41) is 0. The molecule has 1 aliphatic heterocycles. The number of benzene rings is 3. The lowest BCUT2D eigenvalue weighted by atomic mass is 9.83. The summed E-state index contributed by atoms with van der Waals surface area (Å²) in [4.78, 5) is 18.3. The first-order chi connectivity index (χ1) is 15.9. The van der Waals surface area contributed by atoms with Gasteiger partial charge < -0.3 is 0 Å². The van der Waals surface area contributed by atoms with Gasteiger partial charge in [-0.1, -0.05) is 48.0 Å². The van der Waals surface area contributed by atoms with E-state index in [-0.39, 0.29) is 23.8 Å². The number of hydrogen-bond acceptors (Lipinski definition) is 3. The van der Waals surface area contributed by atoms with Crippen LogP contribution in [0.3, 0.4) is 0 Å². The maximum atomic E-state index is 14.7. The van der Waals surface area contributed by atoms with E-state index in [1.54, 1.807) is 24.3 Å². The van der Waals surface area contributed by atoms with Gasteiger partial charge in [-0.3, -0.25) is 14.6 Å². The minimum absolute atomic E-state index is 0.134. The molecule has 0 spiro atoms. The Morgan fingerprint density at radius 3 is 2.36 bits per heavy atom. The summed E-state index contributed by atoms with van der Waals surface area (Å²) in [5.41, 5.74) is 4.22. The van der Waals surface area contributed by atoms with E-state index in [2.05, 4.69) is 41.8 Å². The van der Waals surface area contributed by atoms with E-state index in [1.807, 2.05) is 0 Å². The number of ketones is 1. The van der Waals surface area contributed by atoms with Gasteiger partial charge in [0, 0.05) is 50.3 Å². The summed E-state index contributed by atoms with van der Waals surface area (Å²) < 4.78 is 28.9. The number of piperazine rings is 1. The Morgan fingerprint density at radius 1 is 0.909 bits per heavy atom. The second-order valence-corrected chi connectivity index (χ2v) is 9.34. The number of hydrogen-bond donors (Lipinski definition) is 0. The van der Waals surface area contributed by atoms with Gasteiger partial charge in [0.05, 0.1) is 0 Å². The number of carbonyl (C=O) groups is 1. The third kappa shape index (κ3) is 3.79. The van der Waals surface area contributed by atoms with Crippen LogP contribution in [0.25, 0.3) is 0 Å². The molecule has 170 valence electrons. The van der Waals surface area contributed by atoms with Gasteiger partial charge in [-0.15, -0.1) is 0 Å². The molecule has 33 heavy (non-hydrogen) atoms. The molecule has 0 aromatic heterocycles. The second-order valence-electron chi connectivity index (χ2n) is 9.34. The van der Waals surface area contributed by atoms with Crippen molar-refractivity contribution >= 4 is 5.78 Å². The third-order valence-electron chi connectivity index (χ3n) is 7.28. The number of aryl methyl sites for hydroxylation is 2. The van der Waals surface area contributed by atoms with Crippen LogP contribution in [0.1, 0.15) is 38.2 Å². The molecule has 0 radical (unpaired) electrons. The quantitative estimate of drug-likeness (QED) is 0.561. The molecule has 0 amide bonds. The van der Waals surface area contributed by atoms with E-state index in [1.165, 1.54) is 34.9 Å². The normalized spacial score (nSPS) is 21.4. The van der Waals surface area contributed by atoms with Gasteiger partial charge in [-0.2, -0.15) is 0 Å². The number of Topliss-reactive ketones (excluding diaryl/α,β-unsaturated/α-hetero) is 1. The van der Waals surface area contributed by atoms with Crippen molar-refractivity contribution in [3.05, 3.63) is 106 Å². The Bertz CT molecular complexity index is 1220. The van der Waals surface area contributed by atoms with Crippen molar-refractivity contribution in [2.24, 2.45) is 0 Å². The lowest BCUT2D eigenvalue weighted by Gasteiger charge is -2.45. The van der Waals surface area contributed by atoms with Crippen LogP contribution in [0.4, 0.5) is 8.78 Å². The van der Waals surface area contributed by atoms with Gasteiger partial charge in [0.15, 0.2) is 5.78 Å². The summed E-state index contributed by atoms with van der Waals surface area (Å²) in [6.07, 6.45) is 0.231. The fourth-order valence-electron chi connectivity index (χ4n) is 5.48. The molecule has 1 fully saturated rings. The molecule has 1 heterocycles. The van der Waals surface area contributed by atoms with Gasteiger partial charge in [-0.25, -0.2) is 8.78 Å². The standard InChI is InChI=1S/C28H28F2N2O/c1-19-9-10-21(20(2)15-19)18-31-11-13-32(14-12-31)28(22-5-3-6-23(29)16-22)17-25-24(27(28)33)7-4-8-26(25)30/h3-10,15-16H,11-14,17-18H2,1-2H3. The molecule has 2 aliphatic rings. The fraction of sp³-hybridized carbons (Fsp3) is 0.321. The van der Waals surface area contributed by atoms with Crippen molar-refractivity contribution in [3.63, 3.8) is 0 Å². The van der Waals surface area contributed by atoms with E-state index in [4.69, 9.17) is 0 Å². The molecular weight excluding hydrogens is 418 g/mol. The second kappa shape index (κ2) is 8.47. The third-order valence-corrected chi connectivity index (χ3v) is 7.28. The molecule has 1 saturated heterocycles. The molecule has 0 N–H and O–H groups in total. The summed E-state index contributed by atoms with van der Waals surface area (Å²) in [5.74, 6) is -0.886. The van der Waals surface area contributed by atoms with E-state index in [0.717, 1.165) is 19.6 Å². The first-order valence-electron chi connectivity index (χ1n) is 11.5. The number of carbonyl (C=O) groups excluding carboxylic acids is 1. The monoisotopic (exact) mass is 446 g/mol. The molecule has 3 aromatic rings. The predicted molar refractivity (Wildman–Crippen MR) is 125 cm³/mol. The minimum Gasteiger partial charge on any atom is -0.297 e. The van der Waals surface area contributed by atoms with Crippen LogP contribution in [0.15, 0.2) is 60.7 Å². The molecule has 1 atom stereocenters. The highest BCUT2D eigenvalue weighted by Crippen LogP contribution is 2.44. The molecule has 0 bridgehead atoms. The molecule has 3 aromatic carbocycles. The number of nitrogens with zero attached hydrogens (tertiary/aromatic N) is 2. The Morgan fingerprint density at radius 2 is 1.67 bits per heavy atom. The van der Waals surface area contributed by atoms with E-state index in [9.17, 15) is 13.6 Å². The fourth-order valence-corrected chi connectivity index (χ4v) is 5.48. The van der Waals surface area contributed by atoms with Crippen LogP contribution in [0.5, 0.6) is 0 Å². The first kappa shape index (κ1) is 21.9. The van der Waals surface area contributed by atoms with E-state index in [0.29, 0.717) is 29.8 Å². The highest BCUT2D eigenvalue weighted by Gasteiger charge is 2.52. The van der Waals surface area contributed by atoms with Gasteiger partial charge >= 0.3 is 0 Å². The van der Waals surface area contributed by atoms with Gasteiger partial charge in [0.1, 0.15) is 17.2 Å². The van der Waals surface area contributed by atoms with Crippen LogP contribution in [0, 0.1) is 25.5 Å². The maximum Gasteiger partial charge on any atom is 0.188 e. The molecular formula is C28H28F2N2O. The lowest BCUT2D eigenvalue weighted by Crippen LogP contribution is -2.58. The maximum absolute atomic E-state index is 14.7. The van der Waals surface area contributed by atoms with Gasteiger partial charge in [0.2, 0.25) is 0 Å². The Hall–Kier alpha value is -2.89. The van der Waals surface area contributed by atoms with Gasteiger partial charge in [0.25, 0.3) is 0 Å². The zero-order valence-electron chi connectivity index (χ0n) is 19.1. The van der Waals surface area contributed by atoms with Crippen LogP contribution in [-0.4, -0.2) is 41.8 Å². The largest absolute Gasteiger partial charge is 0.297 e. The lowest BCUT2D eigenvalue weighted by molar-refractivity contribution is 0.0285. The van der Waals surface area contributed by atoms with Crippen LogP contribution in [-0.2, 0) is 18.5 Å². The number of halogens is 2. The molecule has 3 nitrogen and oxygen atoms in total. The summed E-state index contributed by atoms with van der Waals surface area (Å²) in [7, 11) is 0. The first-order valence-corrected chi connectivity index (χ1v) is 11.5. The number of fused-ring (bicyclic) bond motifs is 1. The minimum atomic E-state index is -1.07. The van der Waals surface area contributed by atoms with Crippen molar-refractivity contribution in [1.82, 2.24) is 9.80 Å². The summed E-state index contributed by atoms with van der Waals surface area (Å²) in [6, 6.07) is 17.4. The van der Waals surface area contributed by atoms with Crippen molar-refractivity contribution in [3.8, 4) is 0 Å². The smallest absolute Gasteiger partial charge is 0.188 e. The van der Waals surface area contributed by atoms with Crippen LogP contribution in [0.2, 0.25) is 0 Å². The average Bonchev–Trinajstić information content (AvgIpc) is 3.11. The Labute approximate surface area is 193 Å². The highest BCUT2D eigenvalue weighted by molar-refractivity contribution is 6.08. The molecule has 5 rings (SSSR count). The molecule has 1 unspecified atom stereocenters. The zero-order chi connectivity index (χ0) is 23.2. The predicted octanol–water partition coefficient (Wildman–Crippen LogP) is 5.03. The zero-order valence-corrected chi connectivity index (χ0v) is 19.1. The van der Waals surface area contributed by atoms with Gasteiger partial charge in [-0.05, 0) is 48.7 Å². The molecule has 1 aliphatic carbocycles. The highest BCUT2D eigenvalue weighted by atomic mass is 19.1. The Balaban J connectivity index is 1.44. The Kier molecular flexibility index (Phi) is 5.63. The topological polar surface area (TPSA) is 23.6 Å². The van der Waals surface area contributed by atoms with Crippen molar-refractivity contribution < 1.29 is 13.6 Å². The average molecular weight is 447 g/mol. The molecule has 0 saturated carbocycles. The van der Waals surface area contributed by atoms with E-state index < -0.39 is 5.54 Å². The van der Waals surface area contributed by atoms with Crippen LogP contribution >= 0.6 is 0 Å². The van der Waals surface area contributed by atoms with Crippen molar-refractivity contribution in [2.45, 2.75) is 32.4 Å². The number of rotatable bonds is 4. The summed E-state index contributed by atoms with van der Waals surface area (Å²) >= 11 is 0. The van der Waals surface area contributed by atoms with Crippen molar-refractivity contribution in [1.29, 1.82) is 0 Å². The van der Waals surface area contributed by atoms with Crippen molar-refractivity contribution in [2.75, 3.05) is 26.2 Å². The SMILES string of the molecule is Cc1ccc(CN2CCN(C3(c4cccc(F)c4)Cc4c(F)cccc4C3=O)CC2)c(C)c1. The summed E-state index contributed by atoms with van der Waals surface area (Å²) in [6.45, 7) is 7.98.